The molecule has 2 fully saturated rings. The molecule has 1 aromatic carbocycles. The summed E-state index contributed by atoms with van der Waals surface area (Å²) in [5.74, 6) is -0.965. The predicted octanol–water partition coefficient (Wildman–Crippen LogP) is 2.27. The van der Waals surface area contributed by atoms with Crippen molar-refractivity contribution in [1.29, 1.82) is 0 Å². The van der Waals surface area contributed by atoms with Crippen LogP contribution in [0.15, 0.2) is 40.9 Å². The summed E-state index contributed by atoms with van der Waals surface area (Å²) >= 11 is 0. The number of hydrogen-bond donors (Lipinski definition) is 3. The van der Waals surface area contributed by atoms with Gasteiger partial charge >= 0.3 is 0 Å². The molecule has 2 aliphatic rings. The molecule has 0 saturated carbocycles. The van der Waals surface area contributed by atoms with Crippen LogP contribution in [0.3, 0.4) is 0 Å². The number of amides is 3. The lowest BCUT2D eigenvalue weighted by Gasteiger charge is -2.27. The maximum Gasteiger partial charge on any atom is 0.274 e. The van der Waals surface area contributed by atoms with Crippen molar-refractivity contribution in [2.24, 2.45) is 11.8 Å². The first kappa shape index (κ1) is 34.3. The summed E-state index contributed by atoms with van der Waals surface area (Å²) in [5, 5.41) is 12.5. The van der Waals surface area contributed by atoms with Crippen molar-refractivity contribution in [1.82, 2.24) is 26.0 Å². The number of carbonyl (C=O) groups is 4. The molecule has 0 radical (unpaired) electrons. The van der Waals surface area contributed by atoms with Crippen LogP contribution < -0.4 is 16.0 Å². The minimum Gasteiger partial charge on any atom is -0.379 e. The normalized spacial score (nSPS) is 20.3. The molecule has 0 spiro atoms. The van der Waals surface area contributed by atoms with Gasteiger partial charge in [-0.1, -0.05) is 63.2 Å². The van der Waals surface area contributed by atoms with E-state index in [1.807, 2.05) is 58.0 Å². The Morgan fingerprint density at radius 2 is 1.49 bits per heavy atom. The number of aromatic nitrogens is 1. The number of epoxide rings is 1. The van der Waals surface area contributed by atoms with Gasteiger partial charge in [-0.3, -0.25) is 24.1 Å². The molecule has 2 aliphatic heterocycles. The molecule has 3 amide bonds. The third-order valence-corrected chi connectivity index (χ3v) is 7.96. The van der Waals surface area contributed by atoms with Crippen LogP contribution in [0.25, 0.3) is 0 Å². The average Bonchev–Trinajstić information content (AvgIpc) is 3.58. The Morgan fingerprint density at radius 1 is 0.889 bits per heavy atom. The number of ketones is 1. The second-order valence-corrected chi connectivity index (χ2v) is 13.0. The van der Waals surface area contributed by atoms with Gasteiger partial charge in [0.25, 0.3) is 5.91 Å². The lowest BCUT2D eigenvalue weighted by atomic mass is 9.93. The zero-order valence-electron chi connectivity index (χ0n) is 27.0. The van der Waals surface area contributed by atoms with Crippen LogP contribution in [0, 0.1) is 11.8 Å². The van der Waals surface area contributed by atoms with E-state index in [0.29, 0.717) is 45.0 Å². The number of nitrogens with zero attached hydrogens (tertiary/aromatic N) is 2. The van der Waals surface area contributed by atoms with Crippen LogP contribution >= 0.6 is 0 Å². The van der Waals surface area contributed by atoms with Gasteiger partial charge in [-0.05, 0) is 37.2 Å². The van der Waals surface area contributed by atoms with E-state index in [-0.39, 0.29) is 29.7 Å². The lowest BCUT2D eigenvalue weighted by Crippen LogP contribution is -2.57. The fourth-order valence-corrected chi connectivity index (χ4v) is 5.33. The molecule has 2 aromatic rings. The molecule has 12 nitrogen and oxygen atoms in total. The van der Waals surface area contributed by atoms with Crippen LogP contribution in [-0.2, 0) is 36.8 Å². The summed E-state index contributed by atoms with van der Waals surface area (Å²) in [7, 11) is 0. The van der Waals surface area contributed by atoms with E-state index < -0.39 is 41.4 Å². The highest BCUT2D eigenvalue weighted by Gasteiger charge is 2.50. The van der Waals surface area contributed by atoms with Gasteiger partial charge in [0.05, 0.1) is 32.4 Å². The number of Topliss-reactive ketones (excluding diaryl/α,β-unsaturated/α-hetero) is 1. The van der Waals surface area contributed by atoms with Crippen molar-refractivity contribution in [2.75, 3.05) is 32.9 Å². The number of rotatable bonds is 16. The summed E-state index contributed by atoms with van der Waals surface area (Å²) in [6, 6.07) is 8.22. The third-order valence-electron chi connectivity index (χ3n) is 7.96. The van der Waals surface area contributed by atoms with E-state index in [9.17, 15) is 19.2 Å². The van der Waals surface area contributed by atoms with Crippen molar-refractivity contribution in [3.63, 3.8) is 0 Å². The van der Waals surface area contributed by atoms with Crippen molar-refractivity contribution in [3.8, 4) is 0 Å². The Kier molecular flexibility index (Phi) is 11.9. The van der Waals surface area contributed by atoms with E-state index in [1.54, 1.807) is 13.0 Å². The molecule has 4 atom stereocenters. The third kappa shape index (κ3) is 10.2. The lowest BCUT2D eigenvalue weighted by molar-refractivity contribution is -0.133. The number of benzene rings is 1. The van der Waals surface area contributed by atoms with Gasteiger partial charge in [-0.2, -0.15) is 0 Å². The van der Waals surface area contributed by atoms with Crippen LogP contribution in [-0.4, -0.2) is 90.2 Å². The fraction of sp³-hybridized carbons (Fsp3) is 0.606. The molecule has 2 saturated heterocycles. The Bertz CT molecular complexity index is 1300. The smallest absolute Gasteiger partial charge is 0.274 e. The molecular weight excluding hydrogens is 578 g/mol. The molecular formula is C33H47N5O7. The molecule has 45 heavy (non-hydrogen) atoms. The fourth-order valence-electron chi connectivity index (χ4n) is 5.33. The number of nitrogens with one attached hydrogen (secondary N) is 3. The molecule has 1 aromatic heterocycles. The largest absolute Gasteiger partial charge is 0.379 e. The van der Waals surface area contributed by atoms with Crippen molar-refractivity contribution >= 4 is 23.5 Å². The summed E-state index contributed by atoms with van der Waals surface area (Å²) in [4.78, 5) is 56.0. The SMILES string of the molecule is CC(C)C[C@H](NC(=O)c1cc(CN2CCOCC2)on1)C(=O)N[C@@H](Cc1ccccc1)C(=O)N[C@@H](CC(C)C)C(=O)[C@@]1(C)CO1. The predicted molar refractivity (Wildman–Crippen MR) is 166 cm³/mol. The Balaban J connectivity index is 1.47. The molecule has 0 aliphatic carbocycles. The van der Waals surface area contributed by atoms with E-state index in [2.05, 4.69) is 26.0 Å². The van der Waals surface area contributed by atoms with Gasteiger partial charge in [0.1, 0.15) is 17.7 Å². The minimum atomic E-state index is -0.992. The van der Waals surface area contributed by atoms with Crippen molar-refractivity contribution in [3.05, 3.63) is 53.4 Å². The second kappa shape index (κ2) is 15.6. The minimum absolute atomic E-state index is 0.0592. The highest BCUT2D eigenvalue weighted by atomic mass is 16.6. The Morgan fingerprint density at radius 3 is 2.11 bits per heavy atom. The van der Waals surface area contributed by atoms with Crippen LogP contribution in [0.5, 0.6) is 0 Å². The van der Waals surface area contributed by atoms with E-state index in [0.717, 1.165) is 18.7 Å². The maximum absolute atomic E-state index is 13.7. The van der Waals surface area contributed by atoms with Gasteiger partial charge in [-0.25, -0.2) is 0 Å². The highest BCUT2D eigenvalue weighted by Crippen LogP contribution is 2.29. The second-order valence-electron chi connectivity index (χ2n) is 13.0. The monoisotopic (exact) mass is 625 g/mol. The molecule has 0 bridgehead atoms. The van der Waals surface area contributed by atoms with Crippen molar-refractivity contribution < 1.29 is 33.2 Å². The van der Waals surface area contributed by atoms with Gasteiger partial charge < -0.3 is 29.9 Å². The quantitative estimate of drug-likeness (QED) is 0.238. The molecule has 3 heterocycles. The van der Waals surface area contributed by atoms with Gasteiger partial charge in [0, 0.05) is 25.6 Å². The van der Waals surface area contributed by atoms with Gasteiger partial charge in [0.2, 0.25) is 11.8 Å². The van der Waals surface area contributed by atoms with Crippen LogP contribution in [0.4, 0.5) is 0 Å². The Hall–Kier alpha value is -3.61. The summed E-state index contributed by atoms with van der Waals surface area (Å²) < 4.78 is 16.2. The summed E-state index contributed by atoms with van der Waals surface area (Å²) in [6.07, 6.45) is 0.970. The Labute approximate surface area is 264 Å². The number of ether oxygens (including phenoxy) is 2. The van der Waals surface area contributed by atoms with Crippen LogP contribution in [0.2, 0.25) is 0 Å². The van der Waals surface area contributed by atoms with E-state index in [4.69, 9.17) is 14.0 Å². The average molecular weight is 626 g/mol. The zero-order chi connectivity index (χ0) is 32.6. The topological polar surface area (TPSA) is 155 Å². The molecule has 3 N–H and O–H groups in total. The molecule has 246 valence electrons. The first-order valence-corrected chi connectivity index (χ1v) is 15.8. The molecule has 4 rings (SSSR count). The van der Waals surface area contributed by atoms with E-state index in [1.165, 1.54) is 0 Å². The number of hydrogen-bond acceptors (Lipinski definition) is 9. The van der Waals surface area contributed by atoms with Crippen LogP contribution in [0.1, 0.15) is 69.3 Å². The first-order chi connectivity index (χ1) is 21.4. The van der Waals surface area contributed by atoms with E-state index >= 15 is 0 Å². The zero-order valence-corrected chi connectivity index (χ0v) is 27.0. The number of morpholine rings is 1. The summed E-state index contributed by atoms with van der Waals surface area (Å²) in [6.45, 7) is 13.2. The maximum atomic E-state index is 13.7. The van der Waals surface area contributed by atoms with Gasteiger partial charge in [-0.15, -0.1) is 0 Å². The molecule has 12 heteroatoms. The first-order valence-electron chi connectivity index (χ1n) is 15.8. The number of carbonyl (C=O) groups excluding carboxylic acids is 4. The van der Waals surface area contributed by atoms with Crippen molar-refractivity contribution in [2.45, 2.75) is 84.2 Å². The van der Waals surface area contributed by atoms with Gasteiger partial charge in [0.15, 0.2) is 17.2 Å². The standard InChI is InChI=1S/C33H47N5O7/c1-21(2)15-25(29(39)33(5)20-44-33)34-31(41)27(17-23-9-7-6-8-10-23)36-30(40)26(16-22(3)4)35-32(42)28-18-24(45-37-28)19-38-11-13-43-14-12-38/h6-10,18,21-22,25-27H,11-17,19-20H2,1-5H3,(H,34,41)(H,35,42)(H,36,40)/t25-,26-,27-,33+/m0/s1. The highest BCUT2D eigenvalue weighted by molar-refractivity contribution is 5.99. The summed E-state index contributed by atoms with van der Waals surface area (Å²) in [5.41, 5.74) is 0.00660. The molecule has 0 unspecified atom stereocenters.